The number of hydrogen-bond donors (Lipinski definition) is 2. The number of amides is 1. The van der Waals surface area contributed by atoms with Gasteiger partial charge in [-0.2, -0.15) is 5.10 Å². The molecule has 3 aromatic heterocycles. The van der Waals surface area contributed by atoms with Crippen molar-refractivity contribution in [1.29, 1.82) is 0 Å². The molecule has 7 nitrogen and oxygen atoms in total. The van der Waals surface area contributed by atoms with Crippen LogP contribution in [0.25, 0.3) is 10.2 Å². The van der Waals surface area contributed by atoms with E-state index in [1.165, 1.54) is 28.1 Å². The molecular formula is C15H16N4O3S2. The zero-order valence-electron chi connectivity index (χ0n) is 13.4. The summed E-state index contributed by atoms with van der Waals surface area (Å²) in [6.45, 7) is 4.35. The summed E-state index contributed by atoms with van der Waals surface area (Å²) in [5, 5.41) is 19.2. The number of aryl methyl sites for hydroxylation is 1. The highest BCUT2D eigenvalue weighted by Crippen LogP contribution is 2.31. The molecule has 2 N–H and O–H groups in total. The minimum absolute atomic E-state index is 0.00115. The van der Waals surface area contributed by atoms with Crippen LogP contribution >= 0.6 is 22.7 Å². The number of aromatic carboxylic acids is 1. The Morgan fingerprint density at radius 2 is 2.17 bits per heavy atom. The van der Waals surface area contributed by atoms with E-state index in [0.717, 1.165) is 15.9 Å². The number of thiophene rings is 1. The van der Waals surface area contributed by atoms with E-state index in [-0.39, 0.29) is 24.1 Å². The van der Waals surface area contributed by atoms with E-state index in [2.05, 4.69) is 29.2 Å². The first-order chi connectivity index (χ1) is 11.4. The smallest absolute Gasteiger partial charge is 0.355 e. The van der Waals surface area contributed by atoms with Crippen molar-refractivity contribution in [1.82, 2.24) is 20.1 Å². The fourth-order valence-corrected chi connectivity index (χ4v) is 4.04. The second-order valence-corrected chi connectivity index (χ2v) is 7.58. The van der Waals surface area contributed by atoms with Crippen molar-refractivity contribution in [3.8, 4) is 0 Å². The van der Waals surface area contributed by atoms with Gasteiger partial charge in [0.25, 0.3) is 5.91 Å². The van der Waals surface area contributed by atoms with E-state index in [0.29, 0.717) is 9.88 Å². The monoisotopic (exact) mass is 364 g/mol. The Balaban J connectivity index is 1.76. The molecule has 9 heteroatoms. The molecule has 0 radical (unpaired) electrons. The molecule has 0 spiro atoms. The van der Waals surface area contributed by atoms with Gasteiger partial charge in [-0.1, -0.05) is 13.8 Å². The molecule has 0 saturated carbocycles. The molecule has 3 aromatic rings. The fraction of sp³-hybridized carbons (Fsp3) is 0.333. The Labute approximate surface area is 145 Å². The number of hydrogen-bond acceptors (Lipinski definition) is 6. The third-order valence-corrected chi connectivity index (χ3v) is 5.53. The van der Waals surface area contributed by atoms with Crippen LogP contribution in [0.4, 0.5) is 0 Å². The summed E-state index contributed by atoms with van der Waals surface area (Å²) in [5.74, 6) is -0.982. The van der Waals surface area contributed by atoms with Crippen LogP contribution in [0.2, 0.25) is 0 Å². The molecule has 0 unspecified atom stereocenters. The molecule has 0 atom stereocenters. The van der Waals surface area contributed by atoms with Crippen molar-refractivity contribution in [2.75, 3.05) is 0 Å². The molecular weight excluding hydrogens is 348 g/mol. The number of carbonyl (C=O) groups excluding carboxylic acids is 1. The topological polar surface area (TPSA) is 97.1 Å². The average Bonchev–Trinajstić information content (AvgIpc) is 3.21. The third kappa shape index (κ3) is 3.04. The lowest BCUT2D eigenvalue weighted by Gasteiger charge is -2.01. The van der Waals surface area contributed by atoms with Gasteiger partial charge >= 0.3 is 5.97 Å². The van der Waals surface area contributed by atoms with E-state index < -0.39 is 5.97 Å². The maximum absolute atomic E-state index is 12.3. The number of thiazole rings is 1. The number of aromatic nitrogens is 3. The lowest BCUT2D eigenvalue weighted by Crippen LogP contribution is -2.21. The van der Waals surface area contributed by atoms with Crippen LogP contribution in [0.15, 0.2) is 11.4 Å². The quantitative estimate of drug-likeness (QED) is 0.725. The van der Waals surface area contributed by atoms with Gasteiger partial charge < -0.3 is 10.4 Å². The van der Waals surface area contributed by atoms with Gasteiger partial charge in [0.2, 0.25) is 0 Å². The molecule has 0 aliphatic carbocycles. The van der Waals surface area contributed by atoms with Crippen LogP contribution in [-0.4, -0.2) is 31.7 Å². The minimum Gasteiger partial charge on any atom is -0.476 e. The number of nitrogens with one attached hydrogen (secondary N) is 1. The molecule has 0 aliphatic rings. The lowest BCUT2D eigenvalue weighted by atomic mass is 10.1. The normalized spacial score (nSPS) is 11.3. The molecule has 0 aromatic carbocycles. The maximum Gasteiger partial charge on any atom is 0.355 e. The minimum atomic E-state index is -1.07. The van der Waals surface area contributed by atoms with Crippen molar-refractivity contribution in [3.05, 3.63) is 32.7 Å². The van der Waals surface area contributed by atoms with Crippen molar-refractivity contribution in [3.63, 3.8) is 0 Å². The van der Waals surface area contributed by atoms with Gasteiger partial charge in [-0.15, -0.1) is 22.7 Å². The van der Waals surface area contributed by atoms with Crippen LogP contribution in [0, 0.1) is 0 Å². The summed E-state index contributed by atoms with van der Waals surface area (Å²) < 4.78 is 1.80. The van der Waals surface area contributed by atoms with E-state index in [4.69, 9.17) is 5.11 Å². The summed E-state index contributed by atoms with van der Waals surface area (Å²) >= 11 is 2.61. The van der Waals surface area contributed by atoms with Crippen LogP contribution in [-0.2, 0) is 13.6 Å². The Hall–Kier alpha value is -2.26. The van der Waals surface area contributed by atoms with Crippen molar-refractivity contribution in [2.24, 2.45) is 7.05 Å². The van der Waals surface area contributed by atoms with Crippen LogP contribution in [0.1, 0.15) is 50.6 Å². The summed E-state index contributed by atoms with van der Waals surface area (Å²) in [5.41, 5.74) is 0.979. The predicted octanol–water partition coefficient (Wildman–Crippen LogP) is 2.84. The van der Waals surface area contributed by atoms with E-state index in [1.807, 2.05) is 13.1 Å². The lowest BCUT2D eigenvalue weighted by molar-refractivity contribution is 0.0691. The second-order valence-electron chi connectivity index (χ2n) is 5.61. The molecule has 0 bridgehead atoms. The highest BCUT2D eigenvalue weighted by atomic mass is 32.1. The molecule has 0 fully saturated rings. The average molecular weight is 364 g/mol. The standard InChI is InChI=1S/C15H16N4O3S2/c1-7(2)12-8-4-10(24-14(8)19(3)18-12)13(20)16-5-11-17-9(6-23-11)15(21)22/h4,6-7H,5H2,1-3H3,(H,16,20)(H,21,22). The molecule has 126 valence electrons. The molecule has 24 heavy (non-hydrogen) atoms. The number of carbonyl (C=O) groups is 2. The van der Waals surface area contributed by atoms with Gasteiger partial charge in [0.15, 0.2) is 5.69 Å². The van der Waals surface area contributed by atoms with Crippen molar-refractivity contribution in [2.45, 2.75) is 26.3 Å². The summed E-state index contributed by atoms with van der Waals surface area (Å²) in [6.07, 6.45) is 0. The number of rotatable bonds is 5. The van der Waals surface area contributed by atoms with Crippen LogP contribution in [0.5, 0.6) is 0 Å². The van der Waals surface area contributed by atoms with E-state index in [9.17, 15) is 9.59 Å². The fourth-order valence-electron chi connectivity index (χ4n) is 2.34. The van der Waals surface area contributed by atoms with Gasteiger partial charge in [-0.05, 0) is 12.0 Å². The zero-order valence-corrected chi connectivity index (χ0v) is 15.0. The molecule has 1 amide bonds. The number of nitrogens with zero attached hydrogens (tertiary/aromatic N) is 3. The first-order valence-corrected chi connectivity index (χ1v) is 8.98. The van der Waals surface area contributed by atoms with Crippen molar-refractivity contribution >= 4 is 44.8 Å². The Morgan fingerprint density at radius 1 is 1.42 bits per heavy atom. The maximum atomic E-state index is 12.3. The molecule has 3 heterocycles. The number of carboxylic acids is 1. The first-order valence-electron chi connectivity index (χ1n) is 7.29. The van der Waals surface area contributed by atoms with Crippen LogP contribution < -0.4 is 5.32 Å². The SMILES string of the molecule is CC(C)c1nn(C)c2sc(C(=O)NCc3nc(C(=O)O)cs3)cc12. The molecule has 3 rings (SSSR count). The highest BCUT2D eigenvalue weighted by molar-refractivity contribution is 7.20. The largest absolute Gasteiger partial charge is 0.476 e. The van der Waals surface area contributed by atoms with E-state index >= 15 is 0 Å². The van der Waals surface area contributed by atoms with Gasteiger partial charge in [0.1, 0.15) is 9.84 Å². The summed E-state index contributed by atoms with van der Waals surface area (Å²) in [6, 6.07) is 1.86. The Morgan fingerprint density at radius 3 is 2.79 bits per heavy atom. The van der Waals surface area contributed by atoms with Gasteiger partial charge in [0.05, 0.1) is 17.1 Å². The summed E-state index contributed by atoms with van der Waals surface area (Å²) in [7, 11) is 1.87. The Kier molecular flexibility index (Phi) is 4.37. The molecule has 0 saturated heterocycles. The Bertz CT molecular complexity index is 923. The van der Waals surface area contributed by atoms with E-state index in [1.54, 1.807) is 4.68 Å². The molecule has 0 aliphatic heterocycles. The van der Waals surface area contributed by atoms with Gasteiger partial charge in [0, 0.05) is 17.8 Å². The first kappa shape index (κ1) is 16.6. The third-order valence-electron chi connectivity index (χ3n) is 3.48. The van der Waals surface area contributed by atoms with Gasteiger partial charge in [-0.3, -0.25) is 9.48 Å². The highest BCUT2D eigenvalue weighted by Gasteiger charge is 2.18. The number of fused-ring (bicyclic) bond motifs is 1. The van der Waals surface area contributed by atoms with Crippen molar-refractivity contribution < 1.29 is 14.7 Å². The summed E-state index contributed by atoms with van der Waals surface area (Å²) in [4.78, 5) is 28.7. The van der Waals surface area contributed by atoms with Gasteiger partial charge in [-0.25, -0.2) is 9.78 Å². The van der Waals surface area contributed by atoms with Crippen LogP contribution in [0.3, 0.4) is 0 Å². The number of carboxylic acid groups (broad SMARTS) is 1. The predicted molar refractivity (Wildman–Crippen MR) is 92.9 cm³/mol. The second kappa shape index (κ2) is 6.33. The zero-order chi connectivity index (χ0) is 17.4.